The molecule has 0 aliphatic carbocycles. The molecule has 0 spiro atoms. The van der Waals surface area contributed by atoms with Gasteiger partial charge in [0.25, 0.3) is 5.91 Å². The van der Waals surface area contributed by atoms with Gasteiger partial charge in [-0.3, -0.25) is 4.79 Å². The van der Waals surface area contributed by atoms with Crippen LogP contribution in [0, 0.1) is 5.82 Å². The molecule has 2 aromatic rings. The summed E-state index contributed by atoms with van der Waals surface area (Å²) in [5.41, 5.74) is 7.73. The second-order valence-electron chi connectivity index (χ2n) is 5.10. The summed E-state index contributed by atoms with van der Waals surface area (Å²) < 4.78 is 14.8. The van der Waals surface area contributed by atoms with Crippen LogP contribution in [0.15, 0.2) is 36.5 Å². The molecule has 1 atom stereocenters. The molecule has 2 rings (SSSR count). The molecule has 21 heavy (non-hydrogen) atoms. The Balaban J connectivity index is 2.12. The zero-order chi connectivity index (χ0) is 15.4. The van der Waals surface area contributed by atoms with Crippen molar-refractivity contribution in [3.63, 3.8) is 0 Å². The van der Waals surface area contributed by atoms with Gasteiger partial charge >= 0.3 is 0 Å². The number of amides is 1. The van der Waals surface area contributed by atoms with Crippen LogP contribution < -0.4 is 11.1 Å². The van der Waals surface area contributed by atoms with Crippen molar-refractivity contribution < 1.29 is 9.18 Å². The Morgan fingerprint density at radius 1 is 1.38 bits per heavy atom. The summed E-state index contributed by atoms with van der Waals surface area (Å²) in [6.07, 6.45) is 2.68. The molecule has 0 fully saturated rings. The van der Waals surface area contributed by atoms with Crippen molar-refractivity contribution >= 4 is 11.6 Å². The first-order chi connectivity index (χ1) is 10.0. The summed E-state index contributed by atoms with van der Waals surface area (Å²) in [6, 6.07) is 7.57. The number of aromatic nitrogens is 1. The van der Waals surface area contributed by atoms with E-state index >= 15 is 0 Å². The Morgan fingerprint density at radius 3 is 2.67 bits per heavy atom. The standard InChI is InChI=1S/C16H20FN3O/c1-3-8-20-10-14(18)9-15(20)16(21)19-11(2)12-4-6-13(17)7-5-12/h4-7,9-11H,3,8,18H2,1-2H3,(H,19,21). The summed E-state index contributed by atoms with van der Waals surface area (Å²) in [4.78, 5) is 12.3. The fraction of sp³-hybridized carbons (Fsp3) is 0.312. The van der Waals surface area contributed by atoms with E-state index in [1.807, 2.05) is 18.4 Å². The molecule has 0 saturated heterocycles. The van der Waals surface area contributed by atoms with E-state index in [1.165, 1.54) is 12.1 Å². The third kappa shape index (κ3) is 3.62. The topological polar surface area (TPSA) is 60.0 Å². The van der Waals surface area contributed by atoms with E-state index in [-0.39, 0.29) is 17.8 Å². The van der Waals surface area contributed by atoms with Gasteiger partial charge in [-0.25, -0.2) is 4.39 Å². The molecule has 112 valence electrons. The SMILES string of the molecule is CCCn1cc(N)cc1C(=O)NC(C)c1ccc(F)cc1. The van der Waals surface area contributed by atoms with Gasteiger partial charge in [0.15, 0.2) is 0 Å². The number of nitrogen functional groups attached to an aromatic ring is 1. The van der Waals surface area contributed by atoms with E-state index in [1.54, 1.807) is 24.4 Å². The van der Waals surface area contributed by atoms with Gasteiger partial charge in [-0.2, -0.15) is 0 Å². The van der Waals surface area contributed by atoms with Crippen LogP contribution in [0.2, 0.25) is 0 Å². The van der Waals surface area contributed by atoms with Crippen LogP contribution in [0.4, 0.5) is 10.1 Å². The number of nitrogens with two attached hydrogens (primary N) is 1. The van der Waals surface area contributed by atoms with Gasteiger partial charge in [0, 0.05) is 12.7 Å². The molecule has 1 heterocycles. The average Bonchev–Trinajstić information content (AvgIpc) is 2.81. The number of benzene rings is 1. The van der Waals surface area contributed by atoms with Gasteiger partial charge in [-0.05, 0) is 37.1 Å². The number of anilines is 1. The minimum absolute atomic E-state index is 0.183. The molecule has 0 aliphatic rings. The number of carbonyl (C=O) groups is 1. The molecule has 5 heteroatoms. The van der Waals surface area contributed by atoms with E-state index in [2.05, 4.69) is 5.32 Å². The quantitative estimate of drug-likeness (QED) is 0.888. The predicted molar refractivity (Wildman–Crippen MR) is 81.4 cm³/mol. The van der Waals surface area contributed by atoms with Gasteiger partial charge in [-0.1, -0.05) is 19.1 Å². The highest BCUT2D eigenvalue weighted by atomic mass is 19.1. The number of nitrogens with one attached hydrogen (secondary N) is 1. The molecular formula is C16H20FN3O. The summed E-state index contributed by atoms with van der Waals surface area (Å²) in [7, 11) is 0. The Labute approximate surface area is 123 Å². The third-order valence-corrected chi connectivity index (χ3v) is 3.33. The Morgan fingerprint density at radius 2 is 2.05 bits per heavy atom. The second-order valence-corrected chi connectivity index (χ2v) is 5.10. The maximum Gasteiger partial charge on any atom is 0.268 e. The van der Waals surface area contributed by atoms with Crippen molar-refractivity contribution in [1.29, 1.82) is 0 Å². The molecule has 0 bridgehead atoms. The number of hydrogen-bond donors (Lipinski definition) is 2. The summed E-state index contributed by atoms with van der Waals surface area (Å²) >= 11 is 0. The lowest BCUT2D eigenvalue weighted by atomic mass is 10.1. The molecule has 3 N–H and O–H groups in total. The first kappa shape index (κ1) is 15.1. The lowest BCUT2D eigenvalue weighted by Gasteiger charge is -2.15. The molecule has 4 nitrogen and oxygen atoms in total. The fourth-order valence-electron chi connectivity index (χ4n) is 2.25. The lowest BCUT2D eigenvalue weighted by Crippen LogP contribution is -2.28. The third-order valence-electron chi connectivity index (χ3n) is 3.33. The molecule has 1 amide bonds. The summed E-state index contributed by atoms with van der Waals surface area (Å²) in [5.74, 6) is -0.473. The van der Waals surface area contributed by atoms with Crippen LogP contribution in [-0.4, -0.2) is 10.5 Å². The number of rotatable bonds is 5. The molecule has 0 radical (unpaired) electrons. The zero-order valence-electron chi connectivity index (χ0n) is 12.3. The normalized spacial score (nSPS) is 12.1. The molecule has 1 aromatic carbocycles. The van der Waals surface area contributed by atoms with Crippen molar-refractivity contribution in [2.24, 2.45) is 0 Å². The van der Waals surface area contributed by atoms with Crippen LogP contribution in [0.25, 0.3) is 0 Å². The predicted octanol–water partition coefficient (Wildman–Crippen LogP) is 3.11. The maximum atomic E-state index is 12.9. The highest BCUT2D eigenvalue weighted by Crippen LogP contribution is 2.16. The van der Waals surface area contributed by atoms with Crippen molar-refractivity contribution in [2.45, 2.75) is 32.9 Å². The minimum atomic E-state index is -0.290. The second kappa shape index (κ2) is 6.43. The Bertz CT molecular complexity index is 619. The molecular weight excluding hydrogens is 269 g/mol. The number of carbonyl (C=O) groups excluding carboxylic acids is 1. The molecule has 0 aliphatic heterocycles. The van der Waals surface area contributed by atoms with Crippen LogP contribution >= 0.6 is 0 Å². The molecule has 1 unspecified atom stereocenters. The monoisotopic (exact) mass is 289 g/mol. The van der Waals surface area contributed by atoms with E-state index in [9.17, 15) is 9.18 Å². The van der Waals surface area contributed by atoms with Gasteiger partial charge in [0.1, 0.15) is 11.5 Å². The van der Waals surface area contributed by atoms with Gasteiger partial charge < -0.3 is 15.6 Å². The fourth-order valence-corrected chi connectivity index (χ4v) is 2.25. The molecule has 1 aromatic heterocycles. The minimum Gasteiger partial charge on any atom is -0.397 e. The van der Waals surface area contributed by atoms with Crippen molar-refractivity contribution in [3.05, 3.63) is 53.6 Å². The van der Waals surface area contributed by atoms with Gasteiger partial charge in [0.05, 0.1) is 11.7 Å². The molecule has 0 saturated carbocycles. The first-order valence-electron chi connectivity index (χ1n) is 7.03. The van der Waals surface area contributed by atoms with E-state index < -0.39 is 0 Å². The highest BCUT2D eigenvalue weighted by molar-refractivity contribution is 5.94. The van der Waals surface area contributed by atoms with Crippen molar-refractivity contribution in [3.8, 4) is 0 Å². The van der Waals surface area contributed by atoms with E-state index in [4.69, 9.17) is 5.73 Å². The zero-order valence-corrected chi connectivity index (χ0v) is 12.3. The van der Waals surface area contributed by atoms with Crippen LogP contribution in [0.3, 0.4) is 0 Å². The highest BCUT2D eigenvalue weighted by Gasteiger charge is 2.15. The van der Waals surface area contributed by atoms with Crippen molar-refractivity contribution in [1.82, 2.24) is 9.88 Å². The van der Waals surface area contributed by atoms with Gasteiger partial charge in [-0.15, -0.1) is 0 Å². The van der Waals surface area contributed by atoms with Crippen LogP contribution in [0.1, 0.15) is 42.4 Å². The first-order valence-corrected chi connectivity index (χ1v) is 7.03. The number of nitrogens with zero attached hydrogens (tertiary/aromatic N) is 1. The van der Waals surface area contributed by atoms with Gasteiger partial charge in [0.2, 0.25) is 0 Å². The van der Waals surface area contributed by atoms with Crippen LogP contribution in [-0.2, 0) is 6.54 Å². The maximum absolute atomic E-state index is 12.9. The Hall–Kier alpha value is -2.30. The Kier molecular flexibility index (Phi) is 4.62. The number of aryl methyl sites for hydroxylation is 1. The lowest BCUT2D eigenvalue weighted by molar-refractivity contribution is 0.0930. The number of hydrogen-bond acceptors (Lipinski definition) is 2. The van der Waals surface area contributed by atoms with Crippen molar-refractivity contribution in [2.75, 3.05) is 5.73 Å². The smallest absolute Gasteiger partial charge is 0.268 e. The van der Waals surface area contributed by atoms with E-state index in [0.29, 0.717) is 11.4 Å². The van der Waals surface area contributed by atoms with Crippen LogP contribution in [0.5, 0.6) is 0 Å². The summed E-state index contributed by atoms with van der Waals surface area (Å²) in [6.45, 7) is 4.64. The number of halogens is 1. The average molecular weight is 289 g/mol. The van der Waals surface area contributed by atoms with E-state index in [0.717, 1.165) is 18.5 Å². The summed E-state index contributed by atoms with van der Waals surface area (Å²) in [5, 5.41) is 2.91. The largest absolute Gasteiger partial charge is 0.397 e.